The predicted molar refractivity (Wildman–Crippen MR) is 126 cm³/mol. The Bertz CT molecular complexity index is 528. The van der Waals surface area contributed by atoms with Gasteiger partial charge in [-0.1, -0.05) is 88.1 Å². The van der Waals surface area contributed by atoms with Crippen LogP contribution in [0.25, 0.3) is 0 Å². The summed E-state index contributed by atoms with van der Waals surface area (Å²) >= 11 is 13.8. The summed E-state index contributed by atoms with van der Waals surface area (Å²) in [5.74, 6) is 0. The molecule has 0 bridgehead atoms. The lowest BCUT2D eigenvalue weighted by molar-refractivity contribution is 0.00669. The van der Waals surface area contributed by atoms with Crippen molar-refractivity contribution < 1.29 is 19.7 Å². The van der Waals surface area contributed by atoms with Gasteiger partial charge in [0.05, 0.1) is 48.4 Å². The quantitative estimate of drug-likeness (QED) is 0.305. The molecule has 0 saturated carbocycles. The summed E-state index contributed by atoms with van der Waals surface area (Å²) in [6, 6.07) is 0. The molecule has 2 rings (SSSR count). The van der Waals surface area contributed by atoms with Crippen LogP contribution >= 0.6 is 23.2 Å². The van der Waals surface area contributed by atoms with E-state index in [4.69, 9.17) is 38.2 Å². The van der Waals surface area contributed by atoms with Crippen molar-refractivity contribution in [1.82, 2.24) is 0 Å². The van der Waals surface area contributed by atoms with E-state index in [1.165, 1.54) is 0 Å². The van der Waals surface area contributed by atoms with Gasteiger partial charge in [0.2, 0.25) is 0 Å². The van der Waals surface area contributed by atoms with Gasteiger partial charge in [0.15, 0.2) is 0 Å². The van der Waals surface area contributed by atoms with Gasteiger partial charge >= 0.3 is 0 Å². The molecule has 2 aliphatic rings. The van der Waals surface area contributed by atoms with Crippen LogP contribution in [-0.4, -0.2) is 58.6 Å². The summed E-state index contributed by atoms with van der Waals surface area (Å²) in [6.07, 6.45) is 22.3. The van der Waals surface area contributed by atoms with Crippen LogP contribution in [0.15, 0.2) is 48.6 Å². The summed E-state index contributed by atoms with van der Waals surface area (Å²) in [7, 11) is 0. The van der Waals surface area contributed by atoms with Crippen molar-refractivity contribution >= 4 is 23.2 Å². The van der Waals surface area contributed by atoms with E-state index >= 15 is 0 Å². The first-order valence-corrected chi connectivity index (χ1v) is 11.8. The second kappa shape index (κ2) is 15.2. The molecule has 0 radical (unpaired) electrons. The number of rotatable bonds is 12. The number of aliphatic hydroxyl groups excluding tert-OH is 2. The first-order chi connectivity index (χ1) is 14.5. The zero-order chi connectivity index (χ0) is 22.3. The zero-order valence-corrected chi connectivity index (χ0v) is 19.8. The molecule has 0 aromatic carbocycles. The second-order valence-corrected chi connectivity index (χ2v) is 8.99. The lowest BCUT2D eigenvalue weighted by Crippen LogP contribution is -2.45. The SMILES string of the molecule is CCCCC1(Cl)C=CC=CC1OC1C=CC=CC1(Cl)CCCC.OCCOCCO. The molecule has 4 atom stereocenters. The van der Waals surface area contributed by atoms with Gasteiger partial charge in [0.25, 0.3) is 0 Å². The zero-order valence-electron chi connectivity index (χ0n) is 18.3. The van der Waals surface area contributed by atoms with E-state index in [0.29, 0.717) is 13.2 Å². The van der Waals surface area contributed by atoms with Gasteiger partial charge in [-0.25, -0.2) is 0 Å². The summed E-state index contributed by atoms with van der Waals surface area (Å²) in [6.45, 7) is 5.06. The third-order valence-electron chi connectivity index (χ3n) is 5.08. The Morgan fingerprint density at radius 2 is 1.20 bits per heavy atom. The summed E-state index contributed by atoms with van der Waals surface area (Å²) in [4.78, 5) is -0.940. The van der Waals surface area contributed by atoms with Gasteiger partial charge in [-0.05, 0) is 12.8 Å². The minimum atomic E-state index is -0.470. The molecule has 172 valence electrons. The number of ether oxygens (including phenoxy) is 2. The van der Waals surface area contributed by atoms with Gasteiger partial charge in [-0.2, -0.15) is 0 Å². The lowest BCUT2D eigenvalue weighted by Gasteiger charge is -2.40. The molecule has 2 N–H and O–H groups in total. The number of hydrogen-bond donors (Lipinski definition) is 2. The molecule has 0 aromatic rings. The molecule has 0 fully saturated rings. The van der Waals surface area contributed by atoms with Crippen LogP contribution in [0.1, 0.15) is 52.4 Å². The van der Waals surface area contributed by atoms with E-state index in [2.05, 4.69) is 42.9 Å². The Morgan fingerprint density at radius 3 is 1.57 bits per heavy atom. The molecule has 2 aliphatic carbocycles. The minimum Gasteiger partial charge on any atom is -0.394 e. The van der Waals surface area contributed by atoms with E-state index in [9.17, 15) is 0 Å². The number of alkyl halides is 2. The van der Waals surface area contributed by atoms with E-state index < -0.39 is 9.75 Å². The van der Waals surface area contributed by atoms with E-state index in [1.807, 2.05) is 24.3 Å². The van der Waals surface area contributed by atoms with Gasteiger partial charge in [-0.15, -0.1) is 23.2 Å². The second-order valence-electron chi connectivity index (χ2n) is 7.59. The summed E-state index contributed by atoms with van der Waals surface area (Å²) < 4.78 is 11.0. The van der Waals surface area contributed by atoms with E-state index in [0.717, 1.165) is 38.5 Å². The Labute approximate surface area is 192 Å². The third kappa shape index (κ3) is 9.25. The first-order valence-electron chi connectivity index (χ1n) is 11.0. The molecule has 0 heterocycles. The molecule has 4 nitrogen and oxygen atoms in total. The number of hydrogen-bond acceptors (Lipinski definition) is 4. The van der Waals surface area contributed by atoms with Crippen molar-refractivity contribution in [2.45, 2.75) is 74.3 Å². The Kier molecular flexibility index (Phi) is 13.9. The van der Waals surface area contributed by atoms with E-state index in [1.54, 1.807) is 0 Å². The predicted octanol–water partition coefficient (Wildman–Crippen LogP) is 5.32. The molecule has 4 unspecified atom stereocenters. The molecule has 30 heavy (non-hydrogen) atoms. The number of halogens is 2. The Hall–Kier alpha value is -0.620. The smallest absolute Gasteiger partial charge is 0.0995 e. The lowest BCUT2D eigenvalue weighted by atomic mass is 9.88. The number of aliphatic hydroxyl groups is 2. The van der Waals surface area contributed by atoms with Crippen molar-refractivity contribution in [3.05, 3.63) is 48.6 Å². The largest absolute Gasteiger partial charge is 0.394 e. The Balaban J connectivity index is 0.000000553. The van der Waals surface area contributed by atoms with Gasteiger partial charge in [-0.3, -0.25) is 0 Å². The monoisotopic (exact) mass is 460 g/mol. The van der Waals surface area contributed by atoms with Crippen LogP contribution in [0.3, 0.4) is 0 Å². The minimum absolute atomic E-state index is 0.0278. The fourth-order valence-electron chi connectivity index (χ4n) is 3.32. The number of unbranched alkanes of at least 4 members (excludes halogenated alkanes) is 2. The highest BCUT2D eigenvalue weighted by atomic mass is 35.5. The average molecular weight is 461 g/mol. The maximum absolute atomic E-state index is 8.09. The maximum Gasteiger partial charge on any atom is 0.0995 e. The van der Waals surface area contributed by atoms with Crippen LogP contribution in [0.5, 0.6) is 0 Å². The molecule has 0 spiro atoms. The third-order valence-corrected chi connectivity index (χ3v) is 6.14. The van der Waals surface area contributed by atoms with Crippen LogP contribution in [0, 0.1) is 0 Å². The topological polar surface area (TPSA) is 58.9 Å². The fraction of sp³-hybridized carbons (Fsp3) is 0.667. The van der Waals surface area contributed by atoms with Crippen molar-refractivity contribution in [3.63, 3.8) is 0 Å². The molecule has 6 heteroatoms. The van der Waals surface area contributed by atoms with Gasteiger partial charge in [0.1, 0.15) is 0 Å². The highest BCUT2D eigenvalue weighted by Gasteiger charge is 2.41. The van der Waals surface area contributed by atoms with E-state index in [-0.39, 0.29) is 25.4 Å². The van der Waals surface area contributed by atoms with Crippen LogP contribution < -0.4 is 0 Å². The van der Waals surface area contributed by atoms with Crippen molar-refractivity contribution in [2.24, 2.45) is 0 Å². The van der Waals surface area contributed by atoms with Crippen LogP contribution in [-0.2, 0) is 9.47 Å². The van der Waals surface area contributed by atoms with Gasteiger partial charge in [0, 0.05) is 0 Å². The summed E-state index contributed by atoms with van der Waals surface area (Å²) in [5.41, 5.74) is 0. The normalized spacial score (nSPS) is 29.7. The highest BCUT2D eigenvalue weighted by molar-refractivity contribution is 6.26. The molecule has 0 saturated heterocycles. The summed E-state index contributed by atoms with van der Waals surface area (Å²) in [5, 5.41) is 16.2. The van der Waals surface area contributed by atoms with Crippen LogP contribution in [0.4, 0.5) is 0 Å². The van der Waals surface area contributed by atoms with Crippen molar-refractivity contribution in [1.29, 1.82) is 0 Å². The standard InChI is InChI=1S/C20H28Cl2O.C4H10O3/c1-3-5-13-19(21)15-9-7-11-17(19)23-18-12-8-10-16-20(18,22)14-6-4-2;5-1-3-7-4-2-6/h7-12,15-18H,3-6,13-14H2,1-2H3;5-6H,1-4H2. The molecular weight excluding hydrogens is 423 g/mol. The molecule has 0 amide bonds. The molecular formula is C24H38Cl2O4. The average Bonchev–Trinajstić information content (AvgIpc) is 2.75. The molecule has 0 aromatic heterocycles. The van der Waals surface area contributed by atoms with Crippen LogP contribution in [0.2, 0.25) is 0 Å². The molecule has 0 aliphatic heterocycles. The first kappa shape index (κ1) is 27.4. The highest BCUT2D eigenvalue weighted by Crippen LogP contribution is 2.39. The fourth-order valence-corrected chi connectivity index (χ4v) is 3.98. The van der Waals surface area contributed by atoms with Gasteiger partial charge < -0.3 is 19.7 Å². The Morgan fingerprint density at radius 1 is 0.767 bits per heavy atom. The number of allylic oxidation sites excluding steroid dienone is 4. The maximum atomic E-state index is 8.09. The van der Waals surface area contributed by atoms with Crippen molar-refractivity contribution in [2.75, 3.05) is 26.4 Å². The van der Waals surface area contributed by atoms with Crippen molar-refractivity contribution in [3.8, 4) is 0 Å².